The molecule has 0 saturated heterocycles. The van der Waals surface area contributed by atoms with E-state index in [0.717, 1.165) is 6.54 Å². The van der Waals surface area contributed by atoms with Gasteiger partial charge in [0.25, 0.3) is 0 Å². The first-order valence-electron chi connectivity index (χ1n) is 7.33. The minimum atomic E-state index is -1.19. The number of hydrogen-bond acceptors (Lipinski definition) is 2. The summed E-state index contributed by atoms with van der Waals surface area (Å²) in [7, 11) is -1.19. The predicted molar refractivity (Wildman–Crippen MR) is 98.6 cm³/mol. The molecule has 0 unspecified atom stereocenters. The molecule has 1 nitrogen and oxygen atoms in total. The van der Waals surface area contributed by atoms with Gasteiger partial charge >= 0.3 is 0 Å². The highest BCUT2D eigenvalue weighted by Crippen LogP contribution is 2.24. The topological polar surface area (TPSA) is 12.0 Å². The summed E-state index contributed by atoms with van der Waals surface area (Å²) >= 11 is 1.79. The molecule has 0 aliphatic carbocycles. The predicted octanol–water partition coefficient (Wildman–Crippen LogP) is 5.06. The molecule has 0 aliphatic rings. The molecule has 0 saturated carbocycles. The third-order valence-electron chi connectivity index (χ3n) is 3.77. The van der Waals surface area contributed by atoms with Crippen LogP contribution in [0.3, 0.4) is 0 Å². The molecule has 2 aromatic carbocycles. The van der Waals surface area contributed by atoms with Crippen LogP contribution in [0, 0.1) is 0 Å². The molecule has 3 heteroatoms. The molecule has 0 spiro atoms. The van der Waals surface area contributed by atoms with Crippen LogP contribution in [0.15, 0.2) is 53.9 Å². The fourth-order valence-corrected chi connectivity index (χ4v) is 4.34. The second-order valence-electron chi connectivity index (χ2n) is 6.47. The van der Waals surface area contributed by atoms with Crippen LogP contribution in [-0.4, -0.2) is 8.07 Å². The lowest BCUT2D eigenvalue weighted by Crippen LogP contribution is -2.37. The van der Waals surface area contributed by atoms with Gasteiger partial charge in [-0.2, -0.15) is 0 Å². The molecule has 0 bridgehead atoms. The lowest BCUT2D eigenvalue weighted by molar-refractivity contribution is 1.15. The van der Waals surface area contributed by atoms with Crippen molar-refractivity contribution in [2.45, 2.75) is 26.2 Å². The van der Waals surface area contributed by atoms with Crippen molar-refractivity contribution in [3.8, 4) is 0 Å². The largest absolute Gasteiger partial charge is 0.381 e. The number of hydrogen-bond donors (Lipinski definition) is 1. The first kappa shape index (κ1) is 14.4. The third-order valence-corrected chi connectivity index (χ3v) is 6.73. The first-order valence-corrected chi connectivity index (χ1v) is 11.7. The Labute approximate surface area is 131 Å². The van der Waals surface area contributed by atoms with E-state index in [1.165, 1.54) is 26.5 Å². The lowest BCUT2D eigenvalue weighted by Gasteiger charge is -2.17. The summed E-state index contributed by atoms with van der Waals surface area (Å²) in [4.78, 5) is 0. The molecule has 108 valence electrons. The summed E-state index contributed by atoms with van der Waals surface area (Å²) in [5.41, 5.74) is 2.53. The van der Waals surface area contributed by atoms with Gasteiger partial charge in [0.1, 0.15) is 0 Å². The maximum Gasteiger partial charge on any atom is 0.0775 e. The van der Waals surface area contributed by atoms with Crippen LogP contribution < -0.4 is 10.5 Å². The zero-order valence-corrected chi connectivity index (χ0v) is 14.6. The summed E-state index contributed by atoms with van der Waals surface area (Å²) in [5, 5.41) is 8.50. The van der Waals surface area contributed by atoms with Crippen molar-refractivity contribution in [2.24, 2.45) is 0 Å². The molecule has 3 aromatic rings. The van der Waals surface area contributed by atoms with Crippen LogP contribution in [0.5, 0.6) is 0 Å². The van der Waals surface area contributed by atoms with Crippen LogP contribution in [0.25, 0.3) is 10.1 Å². The number of nitrogens with one attached hydrogen (secondary N) is 1. The van der Waals surface area contributed by atoms with Crippen molar-refractivity contribution in [1.29, 1.82) is 0 Å². The SMILES string of the molecule is C[Si](C)(C)c1ccc(CNc2ccc3sccc3c2)cc1. The second kappa shape index (κ2) is 5.66. The maximum atomic E-state index is 3.52. The van der Waals surface area contributed by atoms with Gasteiger partial charge in [0, 0.05) is 16.9 Å². The van der Waals surface area contributed by atoms with E-state index in [1.807, 2.05) is 0 Å². The van der Waals surface area contributed by atoms with Crippen molar-refractivity contribution in [3.63, 3.8) is 0 Å². The van der Waals surface area contributed by atoms with E-state index >= 15 is 0 Å². The number of fused-ring (bicyclic) bond motifs is 1. The quantitative estimate of drug-likeness (QED) is 0.664. The Morgan fingerprint density at radius 1 is 0.952 bits per heavy atom. The van der Waals surface area contributed by atoms with E-state index in [9.17, 15) is 0 Å². The molecule has 21 heavy (non-hydrogen) atoms. The normalized spacial score (nSPS) is 11.8. The van der Waals surface area contributed by atoms with Gasteiger partial charge in [0.2, 0.25) is 0 Å². The molecule has 0 atom stereocenters. The van der Waals surface area contributed by atoms with Crippen LogP contribution in [-0.2, 0) is 6.54 Å². The number of thiophene rings is 1. The minimum absolute atomic E-state index is 0.877. The smallest absolute Gasteiger partial charge is 0.0775 e. The van der Waals surface area contributed by atoms with Gasteiger partial charge in [-0.3, -0.25) is 0 Å². The molecular weight excluding hydrogens is 290 g/mol. The molecule has 3 rings (SSSR count). The highest BCUT2D eigenvalue weighted by atomic mass is 32.1. The average Bonchev–Trinajstić information content (AvgIpc) is 2.92. The minimum Gasteiger partial charge on any atom is -0.381 e. The van der Waals surface area contributed by atoms with Crippen LogP contribution >= 0.6 is 11.3 Å². The fraction of sp³-hybridized carbons (Fsp3) is 0.222. The van der Waals surface area contributed by atoms with Gasteiger partial charge in [-0.1, -0.05) is 49.1 Å². The summed E-state index contributed by atoms with van der Waals surface area (Å²) in [6, 6.07) is 17.9. The molecule has 0 radical (unpaired) electrons. The molecular formula is C18H21NSSi. The van der Waals surface area contributed by atoms with Gasteiger partial charge in [0.15, 0.2) is 0 Å². The molecule has 0 amide bonds. The molecule has 1 N–H and O–H groups in total. The van der Waals surface area contributed by atoms with Gasteiger partial charge in [0.05, 0.1) is 8.07 Å². The zero-order chi connectivity index (χ0) is 14.9. The monoisotopic (exact) mass is 311 g/mol. The van der Waals surface area contributed by atoms with Crippen molar-refractivity contribution in [2.75, 3.05) is 5.32 Å². The lowest BCUT2D eigenvalue weighted by atomic mass is 10.2. The second-order valence-corrected chi connectivity index (χ2v) is 12.5. The maximum absolute atomic E-state index is 3.52. The van der Waals surface area contributed by atoms with Crippen LogP contribution in [0.1, 0.15) is 5.56 Å². The van der Waals surface area contributed by atoms with Crippen LogP contribution in [0.4, 0.5) is 5.69 Å². The van der Waals surface area contributed by atoms with Crippen molar-refractivity contribution >= 4 is 40.4 Å². The van der Waals surface area contributed by atoms with Crippen molar-refractivity contribution in [3.05, 3.63) is 59.5 Å². The van der Waals surface area contributed by atoms with E-state index in [2.05, 4.69) is 78.9 Å². The average molecular weight is 312 g/mol. The standard InChI is InChI=1S/C18H21NSSi/c1-21(2,3)17-7-4-14(5-8-17)13-19-16-6-9-18-15(12-16)10-11-20-18/h4-12,19H,13H2,1-3H3. The zero-order valence-electron chi connectivity index (χ0n) is 12.8. The fourth-order valence-electron chi connectivity index (χ4n) is 2.40. The molecule has 1 aromatic heterocycles. The Morgan fingerprint density at radius 3 is 2.43 bits per heavy atom. The first-order chi connectivity index (χ1) is 10.0. The molecule has 1 heterocycles. The highest BCUT2D eigenvalue weighted by molar-refractivity contribution is 7.17. The number of anilines is 1. The number of benzene rings is 2. The van der Waals surface area contributed by atoms with Crippen molar-refractivity contribution < 1.29 is 0 Å². The Hall–Kier alpha value is -1.58. The summed E-state index contributed by atoms with van der Waals surface area (Å²) in [6.45, 7) is 8.03. The highest BCUT2D eigenvalue weighted by Gasteiger charge is 2.15. The van der Waals surface area contributed by atoms with E-state index in [4.69, 9.17) is 0 Å². The summed E-state index contributed by atoms with van der Waals surface area (Å²) in [5.74, 6) is 0. The van der Waals surface area contributed by atoms with Gasteiger partial charge in [-0.05, 0) is 40.6 Å². The van der Waals surface area contributed by atoms with E-state index in [-0.39, 0.29) is 0 Å². The van der Waals surface area contributed by atoms with Gasteiger partial charge in [-0.15, -0.1) is 11.3 Å². The third kappa shape index (κ3) is 3.36. The Balaban J connectivity index is 1.69. The Kier molecular flexibility index (Phi) is 3.87. The Morgan fingerprint density at radius 2 is 1.71 bits per heavy atom. The summed E-state index contributed by atoms with van der Waals surface area (Å²) in [6.07, 6.45) is 0. The van der Waals surface area contributed by atoms with Gasteiger partial charge in [-0.25, -0.2) is 0 Å². The van der Waals surface area contributed by atoms with E-state index < -0.39 is 8.07 Å². The van der Waals surface area contributed by atoms with Crippen LogP contribution in [0.2, 0.25) is 19.6 Å². The number of rotatable bonds is 4. The Bertz CT molecular complexity index is 738. The van der Waals surface area contributed by atoms with E-state index in [1.54, 1.807) is 11.3 Å². The summed E-state index contributed by atoms with van der Waals surface area (Å²) < 4.78 is 1.35. The van der Waals surface area contributed by atoms with Crippen molar-refractivity contribution in [1.82, 2.24) is 0 Å². The van der Waals surface area contributed by atoms with Gasteiger partial charge < -0.3 is 5.32 Å². The molecule has 0 aliphatic heterocycles. The van der Waals surface area contributed by atoms with E-state index in [0.29, 0.717) is 0 Å². The molecule has 0 fully saturated rings.